The van der Waals surface area contributed by atoms with Crippen molar-refractivity contribution in [1.29, 1.82) is 0 Å². The molecule has 6 rings (SSSR count). The van der Waals surface area contributed by atoms with Crippen molar-refractivity contribution >= 4 is 46.0 Å². The molecule has 0 spiro atoms. The number of fused-ring (bicyclic) bond motifs is 2. The summed E-state index contributed by atoms with van der Waals surface area (Å²) in [5.74, 6) is 0.468. The van der Waals surface area contributed by atoms with Gasteiger partial charge in [0.25, 0.3) is 0 Å². The molecule has 2 aliphatic rings. The van der Waals surface area contributed by atoms with E-state index in [4.69, 9.17) is 10.5 Å². The molecule has 0 aliphatic carbocycles. The van der Waals surface area contributed by atoms with Crippen LogP contribution in [-0.4, -0.2) is 25.0 Å². The Balaban J connectivity index is 1.48. The second-order valence-corrected chi connectivity index (χ2v) is 9.72. The minimum atomic E-state index is -0.332. The van der Waals surface area contributed by atoms with E-state index >= 15 is 0 Å². The Bertz CT molecular complexity index is 1570. The van der Waals surface area contributed by atoms with Gasteiger partial charge in [-0.25, -0.2) is 4.79 Å². The SMILES string of the molecule is CCN1c2ccc(C3=NN(c4ccccc4)C(=O)N(c4ccccc4)[N]3)cc2N(CC)c2cc(C)c(C)cc21. The molecule has 0 aromatic heterocycles. The summed E-state index contributed by atoms with van der Waals surface area (Å²) in [6.45, 7) is 10.3. The molecule has 0 fully saturated rings. The Morgan fingerprint density at radius 1 is 0.615 bits per heavy atom. The lowest BCUT2D eigenvalue weighted by Gasteiger charge is -2.40. The number of hydrazone groups is 1. The average Bonchev–Trinajstić information content (AvgIpc) is 2.97. The van der Waals surface area contributed by atoms with Gasteiger partial charge in [0.2, 0.25) is 5.84 Å². The van der Waals surface area contributed by atoms with E-state index in [0.717, 1.165) is 30.0 Å². The van der Waals surface area contributed by atoms with Crippen molar-refractivity contribution in [3.63, 3.8) is 0 Å². The van der Waals surface area contributed by atoms with Crippen molar-refractivity contribution in [3.05, 3.63) is 108 Å². The maximum atomic E-state index is 13.5. The summed E-state index contributed by atoms with van der Waals surface area (Å²) >= 11 is 0. The van der Waals surface area contributed by atoms with Gasteiger partial charge in [-0.05, 0) is 93.4 Å². The quantitative estimate of drug-likeness (QED) is 0.281. The van der Waals surface area contributed by atoms with Gasteiger partial charge in [-0.2, -0.15) is 10.0 Å². The van der Waals surface area contributed by atoms with Crippen molar-refractivity contribution in [1.82, 2.24) is 5.43 Å². The first kappa shape index (κ1) is 24.6. The van der Waals surface area contributed by atoms with Crippen molar-refractivity contribution in [2.45, 2.75) is 27.7 Å². The number of rotatable bonds is 5. The standard InChI is InChI=1S/C32H31N6O/c1-5-35-27-18-17-24(21-30(27)36(6-2)29-20-23(4)22(3)19-28(29)35)31-33-37(25-13-9-7-10-14-25)32(39)38(34-31)26-15-11-8-12-16-26/h7-21H,5-6H2,1-4H3. The number of para-hydroxylation sites is 2. The smallest absolute Gasteiger partial charge is 0.338 e. The van der Waals surface area contributed by atoms with Crippen LogP contribution in [-0.2, 0) is 0 Å². The predicted molar refractivity (Wildman–Crippen MR) is 160 cm³/mol. The zero-order valence-corrected chi connectivity index (χ0v) is 22.7. The Morgan fingerprint density at radius 3 is 1.69 bits per heavy atom. The molecular weight excluding hydrogens is 484 g/mol. The summed E-state index contributed by atoms with van der Waals surface area (Å²) < 4.78 is 0. The molecule has 195 valence electrons. The lowest BCUT2D eigenvalue weighted by Crippen LogP contribution is -2.52. The number of amides is 2. The van der Waals surface area contributed by atoms with Crippen molar-refractivity contribution < 1.29 is 4.79 Å². The third kappa shape index (κ3) is 4.16. The van der Waals surface area contributed by atoms with Crippen LogP contribution in [0.2, 0.25) is 0 Å². The monoisotopic (exact) mass is 515 g/mol. The van der Waals surface area contributed by atoms with Gasteiger partial charge in [-0.15, -0.1) is 10.5 Å². The molecule has 0 atom stereocenters. The van der Waals surface area contributed by atoms with Gasteiger partial charge in [-0.1, -0.05) is 36.4 Å². The van der Waals surface area contributed by atoms with Gasteiger partial charge in [0, 0.05) is 18.7 Å². The summed E-state index contributed by atoms with van der Waals surface area (Å²) in [6.07, 6.45) is 0. The number of aryl methyl sites for hydroxylation is 2. The van der Waals surface area contributed by atoms with Crippen LogP contribution in [0.25, 0.3) is 0 Å². The molecule has 7 nitrogen and oxygen atoms in total. The summed E-state index contributed by atoms with van der Waals surface area (Å²) in [4.78, 5) is 18.3. The Kier molecular flexibility index (Phi) is 6.19. The third-order valence-electron chi connectivity index (χ3n) is 7.37. The highest BCUT2D eigenvalue weighted by molar-refractivity contribution is 6.13. The summed E-state index contributed by atoms with van der Waals surface area (Å²) in [5, 5.41) is 7.59. The normalized spacial score (nSPS) is 14.6. The van der Waals surface area contributed by atoms with Gasteiger partial charge in [0.05, 0.1) is 34.1 Å². The maximum Gasteiger partial charge on any atom is 0.370 e. The van der Waals surface area contributed by atoms with Crippen LogP contribution in [0.1, 0.15) is 30.5 Å². The van der Waals surface area contributed by atoms with E-state index in [1.54, 1.807) is 0 Å². The molecule has 2 heterocycles. The first-order valence-corrected chi connectivity index (χ1v) is 13.4. The molecule has 0 saturated heterocycles. The van der Waals surface area contributed by atoms with Crippen LogP contribution >= 0.6 is 0 Å². The van der Waals surface area contributed by atoms with Gasteiger partial charge in [0.15, 0.2) is 0 Å². The lowest BCUT2D eigenvalue weighted by molar-refractivity contribution is 0.249. The third-order valence-corrected chi connectivity index (χ3v) is 7.37. The van der Waals surface area contributed by atoms with E-state index in [2.05, 4.69) is 61.8 Å². The van der Waals surface area contributed by atoms with E-state index < -0.39 is 0 Å². The number of benzene rings is 4. The highest BCUT2D eigenvalue weighted by atomic mass is 16.2. The first-order chi connectivity index (χ1) is 19.0. The topological polar surface area (TPSA) is 56.5 Å². The molecule has 2 amide bonds. The fraction of sp³-hybridized carbons (Fsp3) is 0.188. The second-order valence-electron chi connectivity index (χ2n) is 9.72. The van der Waals surface area contributed by atoms with E-state index in [1.165, 1.54) is 32.5 Å². The maximum absolute atomic E-state index is 13.5. The number of urea groups is 1. The zero-order valence-electron chi connectivity index (χ0n) is 22.7. The number of nitrogens with zero attached hydrogens (tertiary/aromatic N) is 6. The number of hydrogen-bond donors (Lipinski definition) is 0. The minimum Gasteiger partial charge on any atom is -0.338 e. The van der Waals surface area contributed by atoms with Crippen LogP contribution in [0.4, 0.5) is 38.9 Å². The number of anilines is 6. The molecule has 1 radical (unpaired) electrons. The molecule has 0 saturated carbocycles. The Hall–Kier alpha value is -4.78. The molecule has 0 N–H and O–H groups in total. The number of amidine groups is 1. The van der Waals surface area contributed by atoms with E-state index in [1.807, 2.05) is 66.7 Å². The van der Waals surface area contributed by atoms with Crippen LogP contribution in [0.3, 0.4) is 0 Å². The molecular formula is C32H31N6O. The average molecular weight is 516 g/mol. The van der Waals surface area contributed by atoms with E-state index in [0.29, 0.717) is 17.2 Å². The van der Waals surface area contributed by atoms with Gasteiger partial charge >= 0.3 is 6.03 Å². The van der Waals surface area contributed by atoms with Gasteiger partial charge in [0.1, 0.15) is 0 Å². The molecule has 7 heteroatoms. The Labute approximate surface area is 229 Å². The van der Waals surface area contributed by atoms with Gasteiger partial charge < -0.3 is 9.80 Å². The molecule has 0 unspecified atom stereocenters. The summed E-state index contributed by atoms with van der Waals surface area (Å²) in [5.41, 5.74) is 14.2. The van der Waals surface area contributed by atoms with E-state index in [9.17, 15) is 4.79 Å². The van der Waals surface area contributed by atoms with Crippen LogP contribution < -0.4 is 25.2 Å². The van der Waals surface area contributed by atoms with Crippen LogP contribution in [0, 0.1) is 13.8 Å². The second kappa shape index (κ2) is 9.83. The Morgan fingerprint density at radius 2 is 1.13 bits per heavy atom. The lowest BCUT2D eigenvalue weighted by atomic mass is 10.0. The molecule has 39 heavy (non-hydrogen) atoms. The van der Waals surface area contributed by atoms with Crippen molar-refractivity contribution in [2.75, 3.05) is 32.9 Å². The fourth-order valence-electron chi connectivity index (χ4n) is 5.24. The molecule has 0 bridgehead atoms. The van der Waals surface area contributed by atoms with Gasteiger partial charge in [-0.3, -0.25) is 0 Å². The summed E-state index contributed by atoms with van der Waals surface area (Å²) in [6, 6.07) is 29.5. The number of carbonyl (C=O) groups excluding carboxylic acids is 1. The number of hydrogen-bond acceptors (Lipinski definition) is 4. The molecule has 2 aliphatic heterocycles. The van der Waals surface area contributed by atoms with Crippen molar-refractivity contribution in [2.24, 2.45) is 5.10 Å². The van der Waals surface area contributed by atoms with Crippen LogP contribution in [0.5, 0.6) is 0 Å². The van der Waals surface area contributed by atoms with Crippen molar-refractivity contribution in [3.8, 4) is 0 Å². The largest absolute Gasteiger partial charge is 0.370 e. The zero-order chi connectivity index (χ0) is 27.1. The number of carbonyl (C=O) groups is 1. The molecule has 4 aromatic carbocycles. The predicted octanol–water partition coefficient (Wildman–Crippen LogP) is 7.26. The molecule has 4 aromatic rings. The highest BCUT2D eigenvalue weighted by Crippen LogP contribution is 2.49. The first-order valence-electron chi connectivity index (χ1n) is 13.4. The van der Waals surface area contributed by atoms with Crippen LogP contribution in [0.15, 0.2) is 96.1 Å². The minimum absolute atomic E-state index is 0.332. The highest BCUT2D eigenvalue weighted by Gasteiger charge is 2.34. The fourth-order valence-corrected chi connectivity index (χ4v) is 5.24. The van der Waals surface area contributed by atoms with E-state index in [-0.39, 0.29) is 6.03 Å². The summed E-state index contributed by atoms with van der Waals surface area (Å²) in [7, 11) is 0.